The molecule has 1 aromatic carbocycles. The van der Waals surface area contributed by atoms with Gasteiger partial charge < -0.3 is 19.4 Å². The van der Waals surface area contributed by atoms with Gasteiger partial charge in [0.15, 0.2) is 5.82 Å². The van der Waals surface area contributed by atoms with Gasteiger partial charge in [0.1, 0.15) is 12.0 Å². The van der Waals surface area contributed by atoms with E-state index >= 15 is 0 Å². The fourth-order valence-corrected chi connectivity index (χ4v) is 3.02. The highest BCUT2D eigenvalue weighted by atomic mass is 16.5. The summed E-state index contributed by atoms with van der Waals surface area (Å²) in [4.78, 5) is 27.1. The Kier molecular flexibility index (Phi) is 5.11. The van der Waals surface area contributed by atoms with Gasteiger partial charge in [-0.2, -0.15) is 4.98 Å². The Bertz CT molecular complexity index is 795. The molecule has 2 heterocycles. The maximum Gasteiger partial charge on any atom is 0.322 e. The number of nitrogens with zero attached hydrogens (tertiary/aromatic N) is 5. The Morgan fingerprint density at radius 2 is 2.00 bits per heavy atom. The quantitative estimate of drug-likeness (QED) is 0.907. The van der Waals surface area contributed by atoms with Gasteiger partial charge in [-0.25, -0.2) is 9.78 Å². The SMILES string of the molecule is COc1ncnc(N(C)C)c1NC(=O)N1CCN(C)c2ccccc2C1. The molecule has 0 spiro atoms. The first kappa shape index (κ1) is 17.8. The minimum atomic E-state index is -0.202. The molecule has 1 aliphatic rings. The molecule has 0 bridgehead atoms. The molecule has 1 aliphatic heterocycles. The lowest BCUT2D eigenvalue weighted by molar-refractivity contribution is 0.211. The van der Waals surface area contributed by atoms with Crippen molar-refractivity contribution in [3.8, 4) is 5.88 Å². The molecule has 3 rings (SSSR count). The lowest BCUT2D eigenvalue weighted by atomic mass is 10.1. The molecular weight excluding hydrogens is 332 g/mol. The van der Waals surface area contributed by atoms with Crippen molar-refractivity contribution in [2.45, 2.75) is 6.54 Å². The van der Waals surface area contributed by atoms with Crippen LogP contribution in [0.4, 0.5) is 22.0 Å². The predicted molar refractivity (Wildman–Crippen MR) is 102 cm³/mol. The second-order valence-electron chi connectivity index (χ2n) is 6.38. The van der Waals surface area contributed by atoms with E-state index in [0.29, 0.717) is 30.5 Å². The fraction of sp³-hybridized carbons (Fsp3) is 0.389. The van der Waals surface area contributed by atoms with Crippen LogP contribution in [0.1, 0.15) is 5.56 Å². The van der Waals surface area contributed by atoms with Gasteiger partial charge in [0.25, 0.3) is 0 Å². The van der Waals surface area contributed by atoms with Crippen molar-refractivity contribution in [1.29, 1.82) is 0 Å². The lowest BCUT2D eigenvalue weighted by Gasteiger charge is -2.23. The highest BCUT2D eigenvalue weighted by Crippen LogP contribution is 2.31. The van der Waals surface area contributed by atoms with Crippen LogP contribution in [0.3, 0.4) is 0 Å². The first-order valence-electron chi connectivity index (χ1n) is 8.42. The van der Waals surface area contributed by atoms with Gasteiger partial charge in [-0.15, -0.1) is 0 Å². The molecule has 0 fully saturated rings. The molecule has 0 aliphatic carbocycles. The summed E-state index contributed by atoms with van der Waals surface area (Å²) in [6, 6.07) is 7.93. The number of methoxy groups -OCH3 is 1. The number of hydrogen-bond donors (Lipinski definition) is 1. The molecule has 0 unspecified atom stereocenters. The van der Waals surface area contributed by atoms with E-state index < -0.39 is 0 Å². The molecular formula is C18H24N6O2. The van der Waals surface area contributed by atoms with E-state index in [2.05, 4.69) is 32.3 Å². The minimum absolute atomic E-state index is 0.202. The third-order valence-electron chi connectivity index (χ3n) is 4.40. The van der Waals surface area contributed by atoms with E-state index in [4.69, 9.17) is 4.74 Å². The number of anilines is 3. The molecule has 1 N–H and O–H groups in total. The normalized spacial score (nSPS) is 13.7. The molecule has 138 valence electrons. The number of fused-ring (bicyclic) bond motifs is 1. The highest BCUT2D eigenvalue weighted by Gasteiger charge is 2.24. The Morgan fingerprint density at radius 3 is 2.73 bits per heavy atom. The first-order valence-corrected chi connectivity index (χ1v) is 8.42. The van der Waals surface area contributed by atoms with Gasteiger partial charge in [0, 0.05) is 46.5 Å². The average Bonchev–Trinajstić information content (AvgIpc) is 2.81. The minimum Gasteiger partial charge on any atom is -0.479 e. The maximum absolute atomic E-state index is 12.9. The average molecular weight is 356 g/mol. The van der Waals surface area contributed by atoms with E-state index in [0.717, 1.165) is 17.8 Å². The van der Waals surface area contributed by atoms with E-state index in [-0.39, 0.29) is 6.03 Å². The number of likely N-dealkylation sites (N-methyl/N-ethyl adjacent to an activating group) is 1. The van der Waals surface area contributed by atoms with Gasteiger partial charge in [-0.1, -0.05) is 18.2 Å². The fourth-order valence-electron chi connectivity index (χ4n) is 3.02. The van der Waals surface area contributed by atoms with Gasteiger partial charge in [-0.3, -0.25) is 5.32 Å². The number of carbonyl (C=O) groups is 1. The second-order valence-corrected chi connectivity index (χ2v) is 6.38. The third kappa shape index (κ3) is 3.49. The van der Waals surface area contributed by atoms with Gasteiger partial charge in [0.05, 0.1) is 7.11 Å². The lowest BCUT2D eigenvalue weighted by Crippen LogP contribution is -2.37. The summed E-state index contributed by atoms with van der Waals surface area (Å²) < 4.78 is 5.30. The zero-order chi connectivity index (χ0) is 18.7. The molecule has 1 aromatic heterocycles. The molecule has 0 radical (unpaired) electrons. The second kappa shape index (κ2) is 7.47. The Morgan fingerprint density at radius 1 is 1.23 bits per heavy atom. The van der Waals surface area contributed by atoms with Crippen LogP contribution in [-0.2, 0) is 6.54 Å². The zero-order valence-electron chi connectivity index (χ0n) is 15.6. The predicted octanol–water partition coefficient (Wildman–Crippen LogP) is 2.04. The molecule has 0 saturated carbocycles. The molecule has 0 saturated heterocycles. The maximum atomic E-state index is 12.9. The van der Waals surface area contributed by atoms with Gasteiger partial charge >= 0.3 is 6.03 Å². The smallest absolute Gasteiger partial charge is 0.322 e. The van der Waals surface area contributed by atoms with Crippen molar-refractivity contribution in [3.63, 3.8) is 0 Å². The van der Waals surface area contributed by atoms with Crippen molar-refractivity contribution >= 4 is 23.2 Å². The van der Waals surface area contributed by atoms with Crippen LogP contribution in [-0.4, -0.2) is 62.2 Å². The summed E-state index contributed by atoms with van der Waals surface area (Å²) in [6.07, 6.45) is 1.42. The van der Waals surface area contributed by atoms with Crippen molar-refractivity contribution in [2.24, 2.45) is 0 Å². The summed E-state index contributed by atoms with van der Waals surface area (Å²) >= 11 is 0. The third-order valence-corrected chi connectivity index (χ3v) is 4.40. The van der Waals surface area contributed by atoms with E-state index in [9.17, 15) is 4.79 Å². The van der Waals surface area contributed by atoms with Crippen molar-refractivity contribution in [3.05, 3.63) is 36.2 Å². The van der Waals surface area contributed by atoms with Crippen LogP contribution in [0.5, 0.6) is 5.88 Å². The number of urea groups is 1. The van der Waals surface area contributed by atoms with Crippen LogP contribution in [0, 0.1) is 0 Å². The number of benzene rings is 1. The highest BCUT2D eigenvalue weighted by molar-refractivity contribution is 5.94. The van der Waals surface area contributed by atoms with E-state index in [1.54, 1.807) is 4.90 Å². The Balaban J connectivity index is 1.85. The van der Waals surface area contributed by atoms with Crippen molar-refractivity contribution in [2.75, 3.05) is 56.5 Å². The van der Waals surface area contributed by atoms with Gasteiger partial charge in [-0.05, 0) is 11.6 Å². The number of aromatic nitrogens is 2. The molecule has 2 aromatic rings. The van der Waals surface area contributed by atoms with Crippen LogP contribution < -0.4 is 19.9 Å². The van der Waals surface area contributed by atoms with Crippen LogP contribution in [0.15, 0.2) is 30.6 Å². The molecule has 8 nitrogen and oxygen atoms in total. The number of para-hydroxylation sites is 1. The monoisotopic (exact) mass is 356 g/mol. The number of rotatable bonds is 3. The Labute approximate surface area is 153 Å². The van der Waals surface area contributed by atoms with Crippen LogP contribution in [0.2, 0.25) is 0 Å². The van der Waals surface area contributed by atoms with E-state index in [1.165, 1.54) is 13.4 Å². The number of amides is 2. The molecule has 2 amide bonds. The zero-order valence-corrected chi connectivity index (χ0v) is 15.6. The number of carbonyl (C=O) groups excluding carboxylic acids is 1. The molecule has 26 heavy (non-hydrogen) atoms. The number of hydrogen-bond acceptors (Lipinski definition) is 6. The van der Waals surface area contributed by atoms with E-state index in [1.807, 2.05) is 38.2 Å². The summed E-state index contributed by atoms with van der Waals surface area (Å²) in [6.45, 7) is 1.91. The number of nitrogens with one attached hydrogen (secondary N) is 1. The van der Waals surface area contributed by atoms with Crippen molar-refractivity contribution in [1.82, 2.24) is 14.9 Å². The van der Waals surface area contributed by atoms with Crippen LogP contribution >= 0.6 is 0 Å². The molecule has 0 atom stereocenters. The topological polar surface area (TPSA) is 73.8 Å². The standard InChI is InChI=1S/C18H24N6O2/c1-22(2)16-15(17(26-4)20-12-19-16)21-18(25)24-10-9-23(3)14-8-6-5-7-13(14)11-24/h5-8,12H,9-11H2,1-4H3,(H,21,25). The summed E-state index contributed by atoms with van der Waals surface area (Å²) in [5.74, 6) is 0.932. The number of ether oxygens (including phenoxy) is 1. The largest absolute Gasteiger partial charge is 0.479 e. The molecule has 8 heteroatoms. The summed E-state index contributed by atoms with van der Waals surface area (Å²) in [5, 5.41) is 2.93. The van der Waals surface area contributed by atoms with Crippen LogP contribution in [0.25, 0.3) is 0 Å². The summed E-state index contributed by atoms with van der Waals surface area (Å²) in [7, 11) is 7.27. The first-order chi connectivity index (χ1) is 12.5. The summed E-state index contributed by atoms with van der Waals surface area (Å²) in [5.41, 5.74) is 2.74. The van der Waals surface area contributed by atoms with Crippen molar-refractivity contribution < 1.29 is 9.53 Å². The Hall–Kier alpha value is -3.03. The van der Waals surface area contributed by atoms with Gasteiger partial charge in [0.2, 0.25) is 5.88 Å².